The van der Waals surface area contributed by atoms with Gasteiger partial charge in [-0.3, -0.25) is 4.79 Å². The van der Waals surface area contributed by atoms with Gasteiger partial charge in [0.05, 0.1) is 17.5 Å². The summed E-state index contributed by atoms with van der Waals surface area (Å²) < 4.78 is 31.0. The van der Waals surface area contributed by atoms with E-state index < -0.39 is 36.2 Å². The zero-order chi connectivity index (χ0) is 20.4. The summed E-state index contributed by atoms with van der Waals surface area (Å²) in [6.07, 6.45) is -0.822. The second-order valence-electron chi connectivity index (χ2n) is 7.54. The number of ether oxygens (including phenoxy) is 1. The summed E-state index contributed by atoms with van der Waals surface area (Å²) in [6, 6.07) is 5.55. The van der Waals surface area contributed by atoms with Gasteiger partial charge in [-0.05, 0) is 23.7 Å². The zero-order valence-electron chi connectivity index (χ0n) is 15.5. The molecular formula is C16H24N4O5SSi. The van der Waals surface area contributed by atoms with Gasteiger partial charge in [0.1, 0.15) is 0 Å². The molecule has 2 amide bonds. The average molecular weight is 413 g/mol. The molecule has 27 heavy (non-hydrogen) atoms. The Kier molecular flexibility index (Phi) is 5.95. The van der Waals surface area contributed by atoms with Gasteiger partial charge in [0.15, 0.2) is 6.10 Å². The van der Waals surface area contributed by atoms with Crippen LogP contribution in [0.5, 0.6) is 0 Å². The number of rotatable bonds is 8. The Labute approximate surface area is 158 Å². The Morgan fingerprint density at radius 3 is 2.48 bits per heavy atom. The summed E-state index contributed by atoms with van der Waals surface area (Å²) in [7, 11) is -5.08. The van der Waals surface area contributed by atoms with Gasteiger partial charge < -0.3 is 16.2 Å². The van der Waals surface area contributed by atoms with Crippen LogP contribution in [0.15, 0.2) is 24.4 Å². The number of fused-ring (bicyclic) bond motifs is 1. The Balaban J connectivity index is 2.28. The van der Waals surface area contributed by atoms with Crippen LogP contribution in [0, 0.1) is 0 Å². The number of nitrogens with zero attached hydrogens (tertiary/aromatic N) is 2. The van der Waals surface area contributed by atoms with Crippen molar-refractivity contribution in [2.75, 3.05) is 5.75 Å². The first kappa shape index (κ1) is 20.9. The van der Waals surface area contributed by atoms with Crippen LogP contribution in [0.3, 0.4) is 0 Å². The van der Waals surface area contributed by atoms with Gasteiger partial charge in [-0.1, -0.05) is 25.7 Å². The predicted octanol–water partition coefficient (Wildman–Crippen LogP) is 1.04. The lowest BCUT2D eigenvalue weighted by Crippen LogP contribution is -2.36. The van der Waals surface area contributed by atoms with Crippen LogP contribution in [0.2, 0.25) is 25.7 Å². The number of amides is 2. The minimum absolute atomic E-state index is 0.0295. The average Bonchev–Trinajstić information content (AvgIpc) is 2.95. The molecule has 0 saturated heterocycles. The van der Waals surface area contributed by atoms with Crippen molar-refractivity contribution in [3.63, 3.8) is 0 Å². The third kappa shape index (κ3) is 5.53. The van der Waals surface area contributed by atoms with Crippen LogP contribution in [0.1, 0.15) is 5.56 Å². The van der Waals surface area contributed by atoms with Crippen LogP contribution in [0.25, 0.3) is 10.9 Å². The van der Waals surface area contributed by atoms with Gasteiger partial charge in [-0.2, -0.15) is 9.19 Å². The number of carbonyl (C=O) groups is 2. The summed E-state index contributed by atoms with van der Waals surface area (Å²) in [5, 5.41) is 4.61. The molecule has 0 unspecified atom stereocenters. The summed E-state index contributed by atoms with van der Waals surface area (Å²) in [6.45, 7) is 6.33. The lowest BCUT2D eigenvalue weighted by molar-refractivity contribution is -0.126. The molecule has 0 aliphatic carbocycles. The van der Waals surface area contributed by atoms with E-state index in [1.165, 1.54) is 6.20 Å². The normalized spacial score (nSPS) is 13.4. The molecule has 0 radical (unpaired) electrons. The maximum absolute atomic E-state index is 12.6. The number of hydrogen-bond donors (Lipinski definition) is 2. The van der Waals surface area contributed by atoms with E-state index in [1.807, 2.05) is 0 Å². The van der Waals surface area contributed by atoms with Crippen molar-refractivity contribution in [2.45, 2.75) is 38.2 Å². The number of carbonyl (C=O) groups excluding carboxylic acids is 2. The van der Waals surface area contributed by atoms with E-state index in [0.717, 1.165) is 4.09 Å². The van der Waals surface area contributed by atoms with Crippen molar-refractivity contribution in [1.82, 2.24) is 9.19 Å². The number of benzene rings is 1. The van der Waals surface area contributed by atoms with Crippen LogP contribution in [-0.2, 0) is 26.0 Å². The Bertz CT molecular complexity index is 965. The van der Waals surface area contributed by atoms with Gasteiger partial charge >= 0.3 is 6.09 Å². The first-order valence-electron chi connectivity index (χ1n) is 8.34. The minimum Gasteiger partial charge on any atom is -0.436 e. The van der Waals surface area contributed by atoms with Crippen LogP contribution < -0.4 is 11.5 Å². The zero-order valence-corrected chi connectivity index (χ0v) is 17.3. The number of primary amides is 2. The minimum atomic E-state index is -3.56. The SMILES string of the molecule is C[Si](C)(C)CCS(=O)(=O)n1ncc2cc(C[C@H](OC(N)=O)C(N)=O)ccc21. The fraction of sp³-hybridized carbons (Fsp3) is 0.438. The summed E-state index contributed by atoms with van der Waals surface area (Å²) in [4.78, 5) is 22.3. The third-order valence-corrected chi connectivity index (χ3v) is 7.62. The lowest BCUT2D eigenvalue weighted by atomic mass is 10.1. The molecule has 0 spiro atoms. The van der Waals surface area contributed by atoms with E-state index in [4.69, 9.17) is 16.2 Å². The topological polar surface area (TPSA) is 147 Å². The number of hydrogen-bond acceptors (Lipinski definition) is 6. The number of aromatic nitrogens is 2. The molecule has 1 aromatic carbocycles. The fourth-order valence-electron chi connectivity index (χ4n) is 2.48. The van der Waals surface area contributed by atoms with Crippen molar-refractivity contribution in [2.24, 2.45) is 11.5 Å². The highest BCUT2D eigenvalue weighted by molar-refractivity contribution is 7.90. The van der Waals surface area contributed by atoms with Gasteiger partial charge in [0, 0.05) is 19.9 Å². The molecule has 4 N–H and O–H groups in total. The molecule has 0 aliphatic heterocycles. The van der Waals surface area contributed by atoms with Crippen LogP contribution in [-0.4, -0.2) is 49.5 Å². The van der Waals surface area contributed by atoms with E-state index in [-0.39, 0.29) is 12.2 Å². The van der Waals surface area contributed by atoms with Crippen molar-refractivity contribution < 1.29 is 22.7 Å². The molecule has 1 aromatic heterocycles. The molecule has 148 valence electrons. The smallest absolute Gasteiger partial charge is 0.405 e. The highest BCUT2D eigenvalue weighted by Gasteiger charge is 2.23. The molecule has 2 rings (SSSR count). The standard InChI is InChI=1S/C16H24N4O5SSi/c1-27(2,3)7-6-26(23,24)20-13-5-4-11(8-12(13)10-19-20)9-14(15(17)21)25-16(18)22/h4-5,8,10,14H,6-7,9H2,1-3H3,(H2,17,21)(H2,18,22)/t14-/m0/s1. The molecular weight excluding hydrogens is 388 g/mol. The van der Waals surface area contributed by atoms with E-state index in [1.54, 1.807) is 18.2 Å². The molecule has 0 aliphatic rings. The molecule has 0 bridgehead atoms. The second-order valence-corrected chi connectivity index (χ2v) is 15.1. The Hall–Kier alpha value is -2.40. The maximum atomic E-state index is 12.6. The first-order valence-corrected chi connectivity index (χ1v) is 13.7. The van der Waals surface area contributed by atoms with Crippen LogP contribution in [0.4, 0.5) is 4.79 Å². The van der Waals surface area contributed by atoms with Gasteiger partial charge in [-0.15, -0.1) is 0 Å². The predicted molar refractivity (Wildman–Crippen MR) is 104 cm³/mol. The molecule has 1 heterocycles. The van der Waals surface area contributed by atoms with Crippen molar-refractivity contribution in [3.8, 4) is 0 Å². The van der Waals surface area contributed by atoms with Crippen molar-refractivity contribution in [3.05, 3.63) is 30.0 Å². The molecule has 11 heteroatoms. The largest absolute Gasteiger partial charge is 0.436 e. The first-order chi connectivity index (χ1) is 12.4. The van der Waals surface area contributed by atoms with Gasteiger partial charge in [0.2, 0.25) is 0 Å². The molecule has 0 fully saturated rings. The molecule has 2 aromatic rings. The van der Waals surface area contributed by atoms with E-state index in [0.29, 0.717) is 22.5 Å². The van der Waals surface area contributed by atoms with E-state index >= 15 is 0 Å². The van der Waals surface area contributed by atoms with Gasteiger partial charge in [0.25, 0.3) is 15.9 Å². The summed E-state index contributed by atoms with van der Waals surface area (Å²) in [5.41, 5.74) is 11.2. The van der Waals surface area contributed by atoms with Crippen molar-refractivity contribution >= 4 is 41.0 Å². The van der Waals surface area contributed by atoms with Crippen LogP contribution >= 0.6 is 0 Å². The summed E-state index contributed by atoms with van der Waals surface area (Å²) in [5.74, 6) is -0.782. The Morgan fingerprint density at radius 2 is 1.93 bits per heavy atom. The van der Waals surface area contributed by atoms with Gasteiger partial charge in [-0.25, -0.2) is 13.2 Å². The Morgan fingerprint density at radius 1 is 1.26 bits per heavy atom. The lowest BCUT2D eigenvalue weighted by Gasteiger charge is -2.15. The summed E-state index contributed by atoms with van der Waals surface area (Å²) >= 11 is 0. The maximum Gasteiger partial charge on any atom is 0.405 e. The van der Waals surface area contributed by atoms with E-state index in [9.17, 15) is 18.0 Å². The molecule has 9 nitrogen and oxygen atoms in total. The van der Waals surface area contributed by atoms with Crippen molar-refractivity contribution in [1.29, 1.82) is 0 Å². The number of nitrogens with two attached hydrogens (primary N) is 2. The third-order valence-electron chi connectivity index (χ3n) is 3.97. The molecule has 0 saturated carbocycles. The highest BCUT2D eigenvalue weighted by Crippen LogP contribution is 2.20. The monoisotopic (exact) mass is 412 g/mol. The molecule has 1 atom stereocenters. The fourth-order valence-corrected chi connectivity index (χ4v) is 6.79. The van der Waals surface area contributed by atoms with E-state index in [2.05, 4.69) is 24.7 Å². The second kappa shape index (κ2) is 7.68. The highest BCUT2D eigenvalue weighted by atomic mass is 32.2. The quantitative estimate of drug-likeness (QED) is 0.619.